The molecule has 0 spiro atoms. The van der Waals surface area contributed by atoms with E-state index in [9.17, 15) is 9.18 Å². The van der Waals surface area contributed by atoms with Gasteiger partial charge >= 0.3 is 0 Å². The predicted molar refractivity (Wildman–Crippen MR) is 234 cm³/mol. The number of allylic oxidation sites excluding steroid dienone is 2. The smallest absolute Gasteiger partial charge is 0.155 e. The van der Waals surface area contributed by atoms with Gasteiger partial charge in [0.05, 0.1) is 11.3 Å². The number of rotatable bonds is 5. The SMILES string of the molecule is CC(=O)C=C(C)O.Cc1[c-]c(-c2ccc3cc(F)c(C)cc3n2)cc(C)c1.Cc1cc(-c2[c-]cccc2)ncc1-c1ccccc1.[Ir].[Ir].[c-]1ccccc1-c1ccccn1. The summed E-state index contributed by atoms with van der Waals surface area (Å²) in [4.78, 5) is 23.4. The van der Waals surface area contributed by atoms with E-state index in [1.807, 2.05) is 110 Å². The second-order valence-corrected chi connectivity index (χ2v) is 13.7. The van der Waals surface area contributed by atoms with Crippen LogP contribution in [0, 0.1) is 51.7 Å². The third-order valence-electron chi connectivity index (χ3n) is 8.64. The van der Waals surface area contributed by atoms with E-state index in [1.165, 1.54) is 48.2 Å². The van der Waals surface area contributed by atoms with Gasteiger partial charge in [-0.2, -0.15) is 0 Å². The summed E-state index contributed by atoms with van der Waals surface area (Å²) in [5.41, 5.74) is 13.2. The Bertz CT molecular complexity index is 2540. The number of aromatic nitrogens is 3. The molecule has 5 nitrogen and oxygen atoms in total. The summed E-state index contributed by atoms with van der Waals surface area (Å²) in [5.74, 6) is -0.252. The van der Waals surface area contributed by atoms with Crippen LogP contribution in [0.15, 0.2) is 164 Å². The molecule has 8 rings (SSSR count). The van der Waals surface area contributed by atoms with Crippen molar-refractivity contribution in [1.82, 2.24) is 15.0 Å². The van der Waals surface area contributed by atoms with Gasteiger partial charge < -0.3 is 15.1 Å². The second kappa shape index (κ2) is 24.4. The van der Waals surface area contributed by atoms with Crippen LogP contribution in [0.4, 0.5) is 4.39 Å². The number of fused-ring (bicyclic) bond motifs is 1. The van der Waals surface area contributed by atoms with Crippen LogP contribution in [0.1, 0.15) is 36.1 Å². The fraction of sp³-hybridized carbons (Fsp3) is 0.115. The fourth-order valence-corrected chi connectivity index (χ4v) is 5.98. The van der Waals surface area contributed by atoms with Gasteiger partial charge in [0, 0.05) is 69.6 Å². The topological polar surface area (TPSA) is 76.0 Å². The van der Waals surface area contributed by atoms with Crippen molar-refractivity contribution >= 4 is 16.7 Å². The molecule has 60 heavy (non-hydrogen) atoms. The van der Waals surface area contributed by atoms with E-state index in [-0.39, 0.29) is 57.6 Å². The summed E-state index contributed by atoms with van der Waals surface area (Å²) in [5, 5.41) is 9.18. The van der Waals surface area contributed by atoms with Crippen LogP contribution < -0.4 is 0 Å². The molecule has 3 heterocycles. The summed E-state index contributed by atoms with van der Waals surface area (Å²) in [7, 11) is 0. The molecule has 0 aliphatic heterocycles. The van der Waals surface area contributed by atoms with Crippen molar-refractivity contribution in [3.8, 4) is 44.9 Å². The third-order valence-corrected chi connectivity index (χ3v) is 8.64. The molecule has 8 aromatic rings. The number of carbonyl (C=O) groups is 1. The molecule has 0 atom stereocenters. The Morgan fingerprint density at radius 1 is 0.650 bits per heavy atom. The van der Waals surface area contributed by atoms with Crippen LogP contribution in [0.2, 0.25) is 0 Å². The average Bonchev–Trinajstić information content (AvgIpc) is 3.22. The van der Waals surface area contributed by atoms with Gasteiger partial charge in [-0.3, -0.25) is 9.78 Å². The maximum absolute atomic E-state index is 13.5. The van der Waals surface area contributed by atoms with E-state index in [0.717, 1.165) is 50.2 Å². The van der Waals surface area contributed by atoms with Crippen molar-refractivity contribution in [2.45, 2.75) is 41.5 Å². The maximum atomic E-state index is 13.5. The van der Waals surface area contributed by atoms with Gasteiger partial charge in [-0.25, -0.2) is 4.39 Å². The first-order valence-electron chi connectivity index (χ1n) is 18.8. The molecule has 8 heteroatoms. The number of benzene rings is 5. The molecular weight excluding hydrogens is 1100 g/mol. The van der Waals surface area contributed by atoms with Gasteiger partial charge in [-0.15, -0.1) is 107 Å². The first-order valence-corrected chi connectivity index (χ1v) is 18.8. The molecule has 1 N–H and O–H groups in total. The number of hydrogen-bond donors (Lipinski definition) is 1. The van der Waals surface area contributed by atoms with Crippen molar-refractivity contribution in [2.75, 3.05) is 0 Å². The van der Waals surface area contributed by atoms with E-state index in [2.05, 4.69) is 77.3 Å². The molecule has 0 amide bonds. The molecule has 0 aliphatic carbocycles. The standard InChI is InChI=1S/C18H15FN.C18H14N.C11H8N.C5H8O2.2Ir/c1-11-6-12(2)8-15(7-11)17-5-4-14-10-16(19)13(3)9-18(14)20-17;1-14-12-18(16-10-6-3-7-11-16)19-13-17(14)15-8-4-2-5-9-15;1-2-6-10(7-3-1)11-8-4-5-9-12-11;1-4(6)3-5(2)7;;/h4-7,9-10H,1-3H3;2-10,12-13H,1H3;1-6,8-9H;3,6H,1-2H3;;/q3*-1;;;. The van der Waals surface area contributed by atoms with Gasteiger partial charge in [0.25, 0.3) is 0 Å². The number of aliphatic hydroxyl groups excluding tert-OH is 1. The van der Waals surface area contributed by atoms with Crippen molar-refractivity contribution < 1.29 is 54.5 Å². The summed E-state index contributed by atoms with van der Waals surface area (Å²) >= 11 is 0. The molecular formula is C52H45FIr2N3O2-3. The van der Waals surface area contributed by atoms with Crippen molar-refractivity contribution in [3.63, 3.8) is 0 Å². The summed E-state index contributed by atoms with van der Waals surface area (Å²) in [6, 6.07) is 55.0. The minimum Gasteiger partial charge on any atom is -0.512 e. The van der Waals surface area contributed by atoms with Gasteiger partial charge in [0.1, 0.15) is 5.82 Å². The number of hydrogen-bond acceptors (Lipinski definition) is 5. The Kier molecular flexibility index (Phi) is 19.7. The number of aryl methyl sites for hydroxylation is 4. The Morgan fingerprint density at radius 3 is 1.85 bits per heavy atom. The normalized spacial score (nSPS) is 10.2. The van der Waals surface area contributed by atoms with Gasteiger partial charge in [-0.05, 0) is 79.7 Å². The van der Waals surface area contributed by atoms with Crippen molar-refractivity contribution in [1.29, 1.82) is 0 Å². The number of aliphatic hydroxyl groups is 1. The van der Waals surface area contributed by atoms with E-state index in [0.29, 0.717) is 5.56 Å². The zero-order chi connectivity index (χ0) is 41.4. The first-order chi connectivity index (χ1) is 28.0. The zero-order valence-corrected chi connectivity index (χ0v) is 39.0. The van der Waals surface area contributed by atoms with Crippen LogP contribution in [0.3, 0.4) is 0 Å². The zero-order valence-electron chi connectivity index (χ0n) is 34.3. The Balaban J connectivity index is 0.000000224. The molecule has 2 radical (unpaired) electrons. The molecule has 0 fully saturated rings. The fourth-order valence-electron chi connectivity index (χ4n) is 5.98. The summed E-state index contributed by atoms with van der Waals surface area (Å²) < 4.78 is 13.5. The largest absolute Gasteiger partial charge is 0.512 e. The monoisotopic (exact) mass is 1150 g/mol. The Labute approximate surface area is 380 Å². The molecule has 5 aromatic carbocycles. The number of nitrogens with zero attached hydrogens (tertiary/aromatic N) is 3. The van der Waals surface area contributed by atoms with Gasteiger partial charge in [0.2, 0.25) is 0 Å². The molecule has 0 saturated carbocycles. The van der Waals surface area contributed by atoms with Crippen molar-refractivity contribution in [3.05, 3.63) is 210 Å². The molecule has 0 bridgehead atoms. The van der Waals surface area contributed by atoms with Crippen LogP contribution in [0.5, 0.6) is 0 Å². The molecule has 0 unspecified atom stereocenters. The Morgan fingerprint density at radius 2 is 1.30 bits per heavy atom. The minimum absolute atomic E-state index is 0. The molecule has 0 aliphatic rings. The number of ketones is 1. The molecule has 3 aromatic heterocycles. The molecule has 0 saturated heterocycles. The van der Waals surface area contributed by atoms with Crippen molar-refractivity contribution in [2.24, 2.45) is 0 Å². The number of carbonyl (C=O) groups excluding carboxylic acids is 1. The summed E-state index contributed by atoms with van der Waals surface area (Å²) in [6.07, 6.45) is 4.90. The third kappa shape index (κ3) is 14.8. The first kappa shape index (κ1) is 48.6. The number of halogens is 1. The molecule has 308 valence electrons. The van der Waals surface area contributed by atoms with Gasteiger partial charge in [0.15, 0.2) is 5.78 Å². The van der Waals surface area contributed by atoms with E-state index < -0.39 is 0 Å². The second-order valence-electron chi connectivity index (χ2n) is 13.7. The Hall–Kier alpha value is -5.75. The van der Waals surface area contributed by atoms with Gasteiger partial charge in [-0.1, -0.05) is 74.5 Å². The van der Waals surface area contributed by atoms with Crippen LogP contribution >= 0.6 is 0 Å². The minimum atomic E-state index is -0.190. The van der Waals surface area contributed by atoms with E-state index in [1.54, 1.807) is 19.2 Å². The van der Waals surface area contributed by atoms with Crippen LogP contribution in [-0.2, 0) is 45.0 Å². The quantitative estimate of drug-likeness (QED) is 0.106. The average molecular weight is 1150 g/mol. The predicted octanol–water partition coefficient (Wildman–Crippen LogP) is 12.9. The van der Waals surface area contributed by atoms with E-state index >= 15 is 0 Å². The van der Waals surface area contributed by atoms with Crippen LogP contribution in [0.25, 0.3) is 55.8 Å². The number of pyridine rings is 3. The maximum Gasteiger partial charge on any atom is 0.155 e. The summed E-state index contributed by atoms with van der Waals surface area (Å²) in [6.45, 7) is 10.8. The van der Waals surface area contributed by atoms with E-state index in [4.69, 9.17) is 5.11 Å². The van der Waals surface area contributed by atoms with Crippen LogP contribution in [-0.4, -0.2) is 25.8 Å².